The molecule has 1 unspecified atom stereocenters. The van der Waals surface area contributed by atoms with E-state index in [1.54, 1.807) is 7.11 Å². The molecule has 0 saturated carbocycles. The molecule has 0 aliphatic heterocycles. The van der Waals surface area contributed by atoms with Gasteiger partial charge in [0.25, 0.3) is 0 Å². The molecule has 0 saturated heterocycles. The molecule has 0 rings (SSSR count). The van der Waals surface area contributed by atoms with Crippen LogP contribution in [0.25, 0.3) is 0 Å². The summed E-state index contributed by atoms with van der Waals surface area (Å²) in [5.74, 6) is 0.543. The molecule has 17 heavy (non-hydrogen) atoms. The maximum atomic E-state index is 8.63. The van der Waals surface area contributed by atoms with Crippen LogP contribution in [0.1, 0.15) is 6.92 Å². The van der Waals surface area contributed by atoms with Crippen molar-refractivity contribution in [1.82, 2.24) is 10.2 Å². The van der Waals surface area contributed by atoms with E-state index in [2.05, 4.69) is 22.9 Å². The molecular weight excluding hydrogens is 236 g/mol. The molecule has 5 nitrogen and oxygen atoms in total. The Morgan fingerprint density at radius 3 is 2.94 bits per heavy atom. The van der Waals surface area contributed by atoms with Gasteiger partial charge < -0.3 is 9.64 Å². The second-order valence-electron chi connectivity index (χ2n) is 3.48. The standard InChI is InChI=1S/C11H20N4OS/c1-10(17)5-4-6-13-11(14-9-12)15(2)7-8-16-3/h4-5,10,17H,6-8H2,1-3H3,(H,13,14)/b5-4+. The first kappa shape index (κ1) is 15.8. The fourth-order valence-corrected chi connectivity index (χ4v) is 1.16. The molecule has 1 N–H and O–H groups in total. The van der Waals surface area contributed by atoms with Crippen molar-refractivity contribution in [3.8, 4) is 6.19 Å². The van der Waals surface area contributed by atoms with Crippen LogP contribution < -0.4 is 5.32 Å². The van der Waals surface area contributed by atoms with Crippen molar-refractivity contribution < 1.29 is 4.74 Å². The molecule has 0 radical (unpaired) electrons. The average molecular weight is 256 g/mol. The molecule has 0 aromatic rings. The Balaban J connectivity index is 4.30. The zero-order chi connectivity index (χ0) is 13.1. The van der Waals surface area contributed by atoms with E-state index in [9.17, 15) is 0 Å². The second kappa shape index (κ2) is 10.00. The molecule has 1 atom stereocenters. The summed E-state index contributed by atoms with van der Waals surface area (Å²) in [5, 5.41) is 11.4. The average Bonchev–Trinajstić information content (AvgIpc) is 2.29. The van der Waals surface area contributed by atoms with E-state index in [-0.39, 0.29) is 5.25 Å². The van der Waals surface area contributed by atoms with Crippen LogP contribution in [-0.2, 0) is 4.74 Å². The monoisotopic (exact) mass is 256 g/mol. The van der Waals surface area contributed by atoms with Crippen molar-refractivity contribution in [3.63, 3.8) is 0 Å². The van der Waals surface area contributed by atoms with E-state index in [4.69, 9.17) is 10.00 Å². The fourth-order valence-electron chi connectivity index (χ4n) is 1.04. The summed E-state index contributed by atoms with van der Waals surface area (Å²) in [6.07, 6.45) is 5.74. The van der Waals surface area contributed by atoms with Crippen LogP contribution in [0.4, 0.5) is 0 Å². The second-order valence-corrected chi connectivity index (χ2v) is 4.30. The topological polar surface area (TPSA) is 60.6 Å². The summed E-state index contributed by atoms with van der Waals surface area (Å²) in [6, 6.07) is 0. The molecule has 6 heteroatoms. The van der Waals surface area contributed by atoms with Crippen molar-refractivity contribution in [3.05, 3.63) is 12.2 Å². The lowest BCUT2D eigenvalue weighted by Crippen LogP contribution is -2.38. The number of nitriles is 1. The lowest BCUT2D eigenvalue weighted by atomic mass is 10.4. The number of hydrogen-bond donors (Lipinski definition) is 2. The van der Waals surface area contributed by atoms with Gasteiger partial charge in [0.05, 0.1) is 13.2 Å². The van der Waals surface area contributed by atoms with Gasteiger partial charge in [-0.2, -0.15) is 17.9 Å². The molecule has 0 amide bonds. The number of likely N-dealkylation sites (N-methyl/N-ethyl adjacent to an activating group) is 1. The van der Waals surface area contributed by atoms with E-state index < -0.39 is 0 Å². The number of ether oxygens (including phenoxy) is 1. The quantitative estimate of drug-likeness (QED) is 0.185. The summed E-state index contributed by atoms with van der Waals surface area (Å²) in [5.41, 5.74) is 0. The summed E-state index contributed by atoms with van der Waals surface area (Å²) in [7, 11) is 3.49. The molecule has 0 spiro atoms. The van der Waals surface area contributed by atoms with Gasteiger partial charge in [-0.3, -0.25) is 5.32 Å². The van der Waals surface area contributed by atoms with E-state index in [0.717, 1.165) is 0 Å². The highest BCUT2D eigenvalue weighted by atomic mass is 32.1. The molecule has 96 valence electrons. The molecule has 0 bridgehead atoms. The number of hydrogen-bond acceptors (Lipinski definition) is 4. The number of guanidine groups is 1. The first-order valence-electron chi connectivity index (χ1n) is 5.36. The highest BCUT2D eigenvalue weighted by Gasteiger charge is 2.04. The third-order valence-corrected chi connectivity index (χ3v) is 2.09. The Morgan fingerprint density at radius 1 is 1.71 bits per heavy atom. The van der Waals surface area contributed by atoms with Gasteiger partial charge in [0.1, 0.15) is 0 Å². The Hall–Kier alpha value is -1.19. The predicted octanol–water partition coefficient (Wildman–Crippen LogP) is 0.866. The molecular formula is C11H20N4OS. The van der Waals surface area contributed by atoms with Gasteiger partial charge in [0.2, 0.25) is 5.96 Å². The Morgan fingerprint density at radius 2 is 2.41 bits per heavy atom. The summed E-state index contributed by atoms with van der Waals surface area (Å²) >= 11 is 4.22. The molecule has 0 aromatic heterocycles. The van der Waals surface area contributed by atoms with Crippen molar-refractivity contribution in [2.45, 2.75) is 12.2 Å². The first-order chi connectivity index (χ1) is 8.11. The highest BCUT2D eigenvalue weighted by Crippen LogP contribution is 1.94. The molecule has 0 aliphatic rings. The predicted molar refractivity (Wildman–Crippen MR) is 73.1 cm³/mol. The van der Waals surface area contributed by atoms with Crippen LogP contribution in [0.5, 0.6) is 0 Å². The van der Waals surface area contributed by atoms with Gasteiger partial charge in [-0.25, -0.2) is 4.99 Å². The lowest BCUT2D eigenvalue weighted by molar-refractivity contribution is 0.182. The van der Waals surface area contributed by atoms with E-state index in [1.807, 2.05) is 37.2 Å². The zero-order valence-corrected chi connectivity index (χ0v) is 11.4. The minimum atomic E-state index is 0.212. The highest BCUT2D eigenvalue weighted by molar-refractivity contribution is 7.81. The fraction of sp³-hybridized carbons (Fsp3) is 0.636. The summed E-state index contributed by atoms with van der Waals surface area (Å²) in [6.45, 7) is 3.76. The van der Waals surface area contributed by atoms with Crippen LogP contribution in [-0.4, -0.2) is 50.0 Å². The van der Waals surface area contributed by atoms with Crippen molar-refractivity contribution >= 4 is 18.6 Å². The van der Waals surface area contributed by atoms with Crippen LogP contribution in [0.2, 0.25) is 0 Å². The number of thiol groups is 1. The van der Waals surface area contributed by atoms with Gasteiger partial charge in [0.15, 0.2) is 6.19 Å². The van der Waals surface area contributed by atoms with E-state index >= 15 is 0 Å². The maximum Gasteiger partial charge on any atom is 0.207 e. The molecule has 0 fully saturated rings. The SMILES string of the molecule is COCCN(C)C(=NC/C=C/C(C)S)NC#N. The van der Waals surface area contributed by atoms with Gasteiger partial charge in [-0.1, -0.05) is 19.1 Å². The Kier molecular flexibility index (Phi) is 9.30. The van der Waals surface area contributed by atoms with Crippen molar-refractivity contribution in [1.29, 1.82) is 5.26 Å². The number of methoxy groups -OCH3 is 1. The normalized spacial score (nSPS) is 13.5. The van der Waals surface area contributed by atoms with Gasteiger partial charge in [-0.05, 0) is 0 Å². The van der Waals surface area contributed by atoms with Crippen molar-refractivity contribution in [2.24, 2.45) is 4.99 Å². The van der Waals surface area contributed by atoms with Crippen LogP contribution in [0.3, 0.4) is 0 Å². The van der Waals surface area contributed by atoms with E-state index in [0.29, 0.717) is 25.7 Å². The molecule has 0 heterocycles. The van der Waals surface area contributed by atoms with E-state index in [1.165, 1.54) is 0 Å². The third-order valence-electron chi connectivity index (χ3n) is 1.92. The largest absolute Gasteiger partial charge is 0.383 e. The number of aliphatic imine (C=N–C) groups is 1. The maximum absolute atomic E-state index is 8.63. The lowest BCUT2D eigenvalue weighted by Gasteiger charge is -2.18. The number of rotatable bonds is 6. The number of nitrogens with zero attached hydrogens (tertiary/aromatic N) is 3. The van der Waals surface area contributed by atoms with Gasteiger partial charge in [-0.15, -0.1) is 0 Å². The smallest absolute Gasteiger partial charge is 0.207 e. The Bertz CT molecular complexity index is 296. The van der Waals surface area contributed by atoms with Crippen LogP contribution in [0, 0.1) is 11.5 Å². The van der Waals surface area contributed by atoms with Gasteiger partial charge in [0, 0.05) is 26.0 Å². The van der Waals surface area contributed by atoms with Crippen LogP contribution >= 0.6 is 12.6 Å². The van der Waals surface area contributed by atoms with Crippen LogP contribution in [0.15, 0.2) is 17.1 Å². The molecule has 0 aliphatic carbocycles. The summed E-state index contributed by atoms with van der Waals surface area (Å²) in [4.78, 5) is 6.11. The number of nitrogens with one attached hydrogen (secondary N) is 1. The summed E-state index contributed by atoms with van der Waals surface area (Å²) < 4.78 is 4.97. The third kappa shape index (κ3) is 8.60. The van der Waals surface area contributed by atoms with Gasteiger partial charge >= 0.3 is 0 Å². The minimum Gasteiger partial charge on any atom is -0.383 e. The zero-order valence-electron chi connectivity index (χ0n) is 10.6. The van der Waals surface area contributed by atoms with Crippen molar-refractivity contribution in [2.75, 3.05) is 33.9 Å². The Labute approximate surface area is 109 Å². The first-order valence-corrected chi connectivity index (χ1v) is 5.87. The minimum absolute atomic E-state index is 0.212. The molecule has 0 aromatic carbocycles.